The first-order valence-electron chi connectivity index (χ1n) is 5.35. The van der Waals surface area contributed by atoms with Gasteiger partial charge in [0.2, 0.25) is 0 Å². The topological polar surface area (TPSA) is 21.3 Å². The second-order valence-corrected chi connectivity index (χ2v) is 4.49. The van der Waals surface area contributed by atoms with E-state index in [2.05, 4.69) is 50.4 Å². The summed E-state index contributed by atoms with van der Waals surface area (Å²) >= 11 is 0. The van der Waals surface area contributed by atoms with E-state index in [4.69, 9.17) is 4.74 Å². The predicted molar refractivity (Wildman–Crippen MR) is 64.0 cm³/mol. The highest BCUT2D eigenvalue weighted by Gasteiger charge is 2.14. The summed E-state index contributed by atoms with van der Waals surface area (Å²) in [5.41, 5.74) is 2.59. The number of ether oxygens (including phenoxy) is 1. The van der Waals surface area contributed by atoms with Crippen LogP contribution in [0.5, 0.6) is 0 Å². The highest BCUT2D eigenvalue weighted by Crippen LogP contribution is 2.08. The average Bonchev–Trinajstić information content (AvgIpc) is 2.21. The minimum atomic E-state index is -0.0946. The number of rotatable bonds is 5. The van der Waals surface area contributed by atoms with E-state index < -0.39 is 0 Å². The van der Waals surface area contributed by atoms with Gasteiger partial charge in [0.15, 0.2) is 0 Å². The van der Waals surface area contributed by atoms with Crippen LogP contribution in [-0.4, -0.2) is 19.3 Å². The summed E-state index contributed by atoms with van der Waals surface area (Å²) in [5, 5.41) is 3.41. The first-order valence-corrected chi connectivity index (χ1v) is 5.35. The molecule has 0 heterocycles. The zero-order valence-electron chi connectivity index (χ0n) is 10.1. The lowest BCUT2D eigenvalue weighted by Crippen LogP contribution is -2.36. The van der Waals surface area contributed by atoms with Gasteiger partial charge in [0.05, 0.1) is 5.60 Å². The van der Waals surface area contributed by atoms with Crippen molar-refractivity contribution in [1.82, 2.24) is 5.32 Å². The Balaban J connectivity index is 2.42. The van der Waals surface area contributed by atoms with E-state index in [1.807, 2.05) is 0 Å². The molecule has 0 bridgehead atoms. The first-order chi connectivity index (χ1) is 7.05. The van der Waals surface area contributed by atoms with Crippen molar-refractivity contribution in [1.29, 1.82) is 0 Å². The van der Waals surface area contributed by atoms with Crippen molar-refractivity contribution in [3.05, 3.63) is 35.4 Å². The van der Waals surface area contributed by atoms with Crippen molar-refractivity contribution in [2.24, 2.45) is 0 Å². The highest BCUT2D eigenvalue weighted by atomic mass is 16.5. The van der Waals surface area contributed by atoms with Crippen molar-refractivity contribution in [3.8, 4) is 0 Å². The van der Waals surface area contributed by atoms with Gasteiger partial charge in [-0.05, 0) is 31.9 Å². The average molecular weight is 207 g/mol. The maximum absolute atomic E-state index is 5.34. The van der Waals surface area contributed by atoms with E-state index in [-0.39, 0.29) is 5.60 Å². The first kappa shape index (κ1) is 12.2. The number of hydrogen-bond donors (Lipinski definition) is 1. The van der Waals surface area contributed by atoms with Gasteiger partial charge in [-0.1, -0.05) is 24.3 Å². The van der Waals surface area contributed by atoms with E-state index in [1.165, 1.54) is 11.1 Å². The van der Waals surface area contributed by atoms with Gasteiger partial charge in [-0.3, -0.25) is 0 Å². The van der Waals surface area contributed by atoms with E-state index in [0.717, 1.165) is 13.1 Å². The number of benzene rings is 1. The van der Waals surface area contributed by atoms with E-state index >= 15 is 0 Å². The number of methoxy groups -OCH3 is 1. The Kier molecular flexibility index (Phi) is 4.30. The van der Waals surface area contributed by atoms with Gasteiger partial charge in [0.1, 0.15) is 0 Å². The van der Waals surface area contributed by atoms with E-state index in [1.54, 1.807) is 7.11 Å². The molecule has 0 fully saturated rings. The van der Waals surface area contributed by atoms with Gasteiger partial charge in [0, 0.05) is 20.2 Å². The predicted octanol–water partition coefficient (Wildman–Crippen LogP) is 2.51. The molecule has 0 spiro atoms. The standard InChI is InChI=1S/C13H21NO/c1-11-7-5-6-8-12(11)9-14-10-13(2,3)15-4/h5-8,14H,9-10H2,1-4H3. The Morgan fingerprint density at radius 2 is 1.93 bits per heavy atom. The fourth-order valence-electron chi connectivity index (χ4n) is 1.38. The molecule has 0 saturated carbocycles. The van der Waals surface area contributed by atoms with Crippen LogP contribution in [0.1, 0.15) is 25.0 Å². The quantitative estimate of drug-likeness (QED) is 0.801. The maximum Gasteiger partial charge on any atom is 0.0746 e. The fraction of sp³-hybridized carbons (Fsp3) is 0.538. The van der Waals surface area contributed by atoms with Gasteiger partial charge in [0.25, 0.3) is 0 Å². The summed E-state index contributed by atoms with van der Waals surface area (Å²) in [7, 11) is 1.75. The van der Waals surface area contributed by atoms with Gasteiger partial charge in [-0.25, -0.2) is 0 Å². The molecule has 1 rings (SSSR count). The van der Waals surface area contributed by atoms with Gasteiger partial charge in [-0.15, -0.1) is 0 Å². The molecule has 0 atom stereocenters. The molecule has 0 amide bonds. The number of aryl methyl sites for hydroxylation is 1. The van der Waals surface area contributed by atoms with Crippen molar-refractivity contribution in [3.63, 3.8) is 0 Å². The second-order valence-electron chi connectivity index (χ2n) is 4.49. The monoisotopic (exact) mass is 207 g/mol. The molecule has 0 radical (unpaired) electrons. The summed E-state index contributed by atoms with van der Waals surface area (Å²) in [6.45, 7) is 8.06. The van der Waals surface area contributed by atoms with Crippen LogP contribution in [0, 0.1) is 6.92 Å². The molecule has 1 aromatic rings. The van der Waals surface area contributed by atoms with Gasteiger partial charge < -0.3 is 10.1 Å². The van der Waals surface area contributed by atoms with Crippen LogP contribution in [0.2, 0.25) is 0 Å². The van der Waals surface area contributed by atoms with Gasteiger partial charge >= 0.3 is 0 Å². The van der Waals surface area contributed by atoms with Crippen LogP contribution in [0.25, 0.3) is 0 Å². The molecule has 1 aromatic carbocycles. The second kappa shape index (κ2) is 5.29. The third kappa shape index (κ3) is 4.02. The fourth-order valence-corrected chi connectivity index (χ4v) is 1.38. The molecule has 84 valence electrons. The molecule has 2 heteroatoms. The zero-order chi connectivity index (χ0) is 11.3. The van der Waals surface area contributed by atoms with Crippen LogP contribution in [0.3, 0.4) is 0 Å². The summed E-state index contributed by atoms with van der Waals surface area (Å²) in [6, 6.07) is 8.43. The molecule has 0 aliphatic carbocycles. The van der Waals surface area contributed by atoms with E-state index in [9.17, 15) is 0 Å². The van der Waals surface area contributed by atoms with E-state index in [0.29, 0.717) is 0 Å². The lowest BCUT2D eigenvalue weighted by Gasteiger charge is -2.23. The van der Waals surface area contributed by atoms with Crippen LogP contribution >= 0.6 is 0 Å². The summed E-state index contributed by atoms with van der Waals surface area (Å²) in [4.78, 5) is 0. The molecule has 1 N–H and O–H groups in total. The highest BCUT2D eigenvalue weighted by molar-refractivity contribution is 5.25. The molecule has 0 unspecified atom stereocenters. The maximum atomic E-state index is 5.34. The summed E-state index contributed by atoms with van der Waals surface area (Å²) in [5.74, 6) is 0. The molecule has 15 heavy (non-hydrogen) atoms. The lowest BCUT2D eigenvalue weighted by molar-refractivity contribution is 0.0230. The Bertz CT molecular complexity index is 307. The third-order valence-electron chi connectivity index (χ3n) is 2.68. The Labute approximate surface area is 92.6 Å². The zero-order valence-corrected chi connectivity index (χ0v) is 10.1. The van der Waals surface area contributed by atoms with Crippen LogP contribution in [0.15, 0.2) is 24.3 Å². The van der Waals surface area contributed by atoms with Crippen LogP contribution < -0.4 is 5.32 Å². The summed E-state index contributed by atoms with van der Waals surface area (Å²) in [6.07, 6.45) is 0. The summed E-state index contributed by atoms with van der Waals surface area (Å²) < 4.78 is 5.34. The smallest absolute Gasteiger partial charge is 0.0746 e. The SMILES string of the molecule is COC(C)(C)CNCc1ccccc1C. The van der Waals surface area contributed by atoms with Crippen molar-refractivity contribution in [2.75, 3.05) is 13.7 Å². The minimum Gasteiger partial charge on any atom is -0.377 e. The van der Waals surface area contributed by atoms with Crippen LogP contribution in [-0.2, 0) is 11.3 Å². The molecule has 0 aromatic heterocycles. The number of hydrogen-bond acceptors (Lipinski definition) is 2. The largest absolute Gasteiger partial charge is 0.377 e. The molecular formula is C13H21NO. The van der Waals surface area contributed by atoms with Gasteiger partial charge in [-0.2, -0.15) is 0 Å². The Morgan fingerprint density at radius 1 is 1.27 bits per heavy atom. The lowest BCUT2D eigenvalue weighted by atomic mass is 10.1. The molecule has 0 aliphatic heterocycles. The Hall–Kier alpha value is -0.860. The van der Waals surface area contributed by atoms with Crippen molar-refractivity contribution >= 4 is 0 Å². The minimum absolute atomic E-state index is 0.0946. The normalized spacial score (nSPS) is 11.7. The third-order valence-corrected chi connectivity index (χ3v) is 2.68. The Morgan fingerprint density at radius 3 is 2.53 bits per heavy atom. The molecule has 2 nitrogen and oxygen atoms in total. The number of nitrogens with one attached hydrogen (secondary N) is 1. The van der Waals surface area contributed by atoms with Crippen molar-refractivity contribution in [2.45, 2.75) is 32.9 Å². The molecule has 0 aliphatic rings. The molecule has 0 saturated heterocycles. The molecular weight excluding hydrogens is 186 g/mol. The van der Waals surface area contributed by atoms with Crippen molar-refractivity contribution < 1.29 is 4.74 Å². The van der Waals surface area contributed by atoms with Crippen LogP contribution in [0.4, 0.5) is 0 Å².